The Morgan fingerprint density at radius 2 is 2.15 bits per heavy atom. The third-order valence-electron chi connectivity index (χ3n) is 3.17. The van der Waals surface area contributed by atoms with Crippen LogP contribution in [-0.2, 0) is 19.4 Å². The van der Waals surface area contributed by atoms with Crippen LogP contribution in [0.25, 0.3) is 0 Å². The predicted molar refractivity (Wildman–Crippen MR) is 73.1 cm³/mol. The highest BCUT2D eigenvalue weighted by Crippen LogP contribution is 2.33. The van der Waals surface area contributed by atoms with Crippen LogP contribution in [0.2, 0.25) is 0 Å². The normalized spacial score (nSPS) is 21.7. The summed E-state index contributed by atoms with van der Waals surface area (Å²) in [7, 11) is -3.72. The van der Waals surface area contributed by atoms with E-state index in [1.165, 1.54) is 0 Å². The highest BCUT2D eigenvalue weighted by atomic mass is 32.2. The molecular formula is C13H17NO5S. The second-order valence-electron chi connectivity index (χ2n) is 4.53. The third-order valence-corrected chi connectivity index (χ3v) is 5.16. The smallest absolute Gasteiger partial charge is 0.321 e. The van der Waals surface area contributed by atoms with Crippen molar-refractivity contribution >= 4 is 15.8 Å². The second kappa shape index (κ2) is 5.80. The van der Waals surface area contributed by atoms with Crippen molar-refractivity contribution in [1.82, 2.24) is 0 Å². The monoisotopic (exact) mass is 299 g/mol. The van der Waals surface area contributed by atoms with Crippen molar-refractivity contribution in [2.75, 3.05) is 19.0 Å². The molecule has 0 fully saturated rings. The summed E-state index contributed by atoms with van der Waals surface area (Å²) in [5, 5.41) is -0.943. The molecule has 0 saturated carbocycles. The lowest BCUT2D eigenvalue weighted by Crippen LogP contribution is -2.43. The van der Waals surface area contributed by atoms with Crippen molar-refractivity contribution in [3.63, 3.8) is 0 Å². The van der Waals surface area contributed by atoms with Gasteiger partial charge in [0.2, 0.25) is 0 Å². The van der Waals surface area contributed by atoms with Crippen LogP contribution in [0.1, 0.15) is 18.5 Å². The lowest BCUT2D eigenvalue weighted by atomic mass is 10.0. The largest absolute Gasteiger partial charge is 0.492 e. The number of rotatable bonds is 4. The van der Waals surface area contributed by atoms with Crippen LogP contribution in [0.5, 0.6) is 5.75 Å². The van der Waals surface area contributed by atoms with Crippen LogP contribution in [0, 0.1) is 0 Å². The molecule has 0 aromatic heterocycles. The first kappa shape index (κ1) is 14.8. The molecule has 110 valence electrons. The molecule has 0 spiro atoms. The van der Waals surface area contributed by atoms with Crippen LogP contribution < -0.4 is 10.5 Å². The van der Waals surface area contributed by atoms with E-state index in [0.717, 1.165) is 0 Å². The van der Waals surface area contributed by atoms with E-state index in [1.807, 2.05) is 0 Å². The summed E-state index contributed by atoms with van der Waals surface area (Å²) in [6.45, 7) is 1.71. The van der Waals surface area contributed by atoms with Gasteiger partial charge in [0.15, 0.2) is 9.84 Å². The van der Waals surface area contributed by atoms with Crippen molar-refractivity contribution in [2.45, 2.75) is 18.2 Å². The third kappa shape index (κ3) is 2.94. The average molecular weight is 299 g/mol. The maximum absolute atomic E-state index is 12.2. The van der Waals surface area contributed by atoms with Gasteiger partial charge in [-0.3, -0.25) is 4.79 Å². The van der Waals surface area contributed by atoms with Gasteiger partial charge in [0.1, 0.15) is 23.4 Å². The highest BCUT2D eigenvalue weighted by molar-refractivity contribution is 7.92. The van der Waals surface area contributed by atoms with Crippen molar-refractivity contribution in [3.8, 4) is 5.75 Å². The van der Waals surface area contributed by atoms with Gasteiger partial charge in [0, 0.05) is 5.56 Å². The zero-order valence-electron chi connectivity index (χ0n) is 11.1. The molecule has 1 aromatic rings. The molecule has 2 atom stereocenters. The highest BCUT2D eigenvalue weighted by Gasteiger charge is 2.38. The van der Waals surface area contributed by atoms with E-state index in [9.17, 15) is 13.2 Å². The summed E-state index contributed by atoms with van der Waals surface area (Å²) in [5.41, 5.74) is 6.65. The summed E-state index contributed by atoms with van der Waals surface area (Å²) in [6.07, 6.45) is 0. The van der Waals surface area contributed by atoms with Gasteiger partial charge < -0.3 is 15.2 Å². The lowest BCUT2D eigenvalue weighted by Gasteiger charge is -2.30. The Labute approximate surface area is 117 Å². The summed E-state index contributed by atoms with van der Waals surface area (Å²) in [6, 6.07) is 6.32. The first-order valence-electron chi connectivity index (χ1n) is 6.30. The summed E-state index contributed by atoms with van der Waals surface area (Å²) in [5.74, 6) is -0.855. The summed E-state index contributed by atoms with van der Waals surface area (Å²) in [4.78, 5) is 11.4. The minimum atomic E-state index is -3.72. The number of hydrogen-bond acceptors (Lipinski definition) is 6. The van der Waals surface area contributed by atoms with Crippen molar-refractivity contribution in [1.29, 1.82) is 0 Å². The fraction of sp³-hybridized carbons (Fsp3) is 0.462. The van der Waals surface area contributed by atoms with E-state index in [2.05, 4.69) is 4.74 Å². The van der Waals surface area contributed by atoms with Gasteiger partial charge in [-0.2, -0.15) is 0 Å². The minimum absolute atomic E-state index is 0.0556. The van der Waals surface area contributed by atoms with E-state index < -0.39 is 32.9 Å². The number of ether oxygens (including phenoxy) is 2. The Balaban J connectivity index is 2.20. The molecule has 1 heterocycles. The molecule has 0 amide bonds. The second-order valence-corrected chi connectivity index (χ2v) is 6.75. The van der Waals surface area contributed by atoms with Gasteiger partial charge >= 0.3 is 5.97 Å². The van der Waals surface area contributed by atoms with Crippen LogP contribution in [0.3, 0.4) is 0 Å². The van der Waals surface area contributed by atoms with Crippen LogP contribution in [0.4, 0.5) is 0 Å². The summed E-state index contributed by atoms with van der Waals surface area (Å²) >= 11 is 0. The zero-order chi connectivity index (χ0) is 14.8. The molecule has 2 unspecified atom stereocenters. The number of para-hydroxylation sites is 1. The van der Waals surface area contributed by atoms with E-state index in [4.69, 9.17) is 10.5 Å². The number of esters is 1. The van der Waals surface area contributed by atoms with Crippen molar-refractivity contribution in [3.05, 3.63) is 29.8 Å². The predicted octanol–water partition coefficient (Wildman–Crippen LogP) is 0.425. The van der Waals surface area contributed by atoms with Gasteiger partial charge in [0.05, 0.1) is 12.6 Å². The molecule has 0 aliphatic carbocycles. The number of hydrogen-bond donors (Lipinski definition) is 1. The Kier molecular flexibility index (Phi) is 4.29. The molecule has 0 bridgehead atoms. The fourth-order valence-electron chi connectivity index (χ4n) is 2.16. The lowest BCUT2D eigenvalue weighted by molar-refractivity contribution is -0.139. The first-order chi connectivity index (χ1) is 9.45. The molecule has 6 nitrogen and oxygen atoms in total. The molecule has 1 aromatic carbocycles. The number of carbonyl (C=O) groups excluding carboxylic acids is 1. The van der Waals surface area contributed by atoms with Gasteiger partial charge in [-0.25, -0.2) is 8.42 Å². The topological polar surface area (TPSA) is 95.7 Å². The molecule has 7 heteroatoms. The maximum Gasteiger partial charge on any atom is 0.321 e. The molecule has 20 heavy (non-hydrogen) atoms. The number of sulfone groups is 1. The number of carbonyl (C=O) groups is 1. The molecule has 0 radical (unpaired) electrons. The minimum Gasteiger partial charge on any atom is -0.492 e. The van der Waals surface area contributed by atoms with Crippen LogP contribution >= 0.6 is 0 Å². The van der Waals surface area contributed by atoms with E-state index >= 15 is 0 Å². The molecular weight excluding hydrogens is 282 g/mol. The molecule has 2 rings (SSSR count). The molecule has 2 N–H and O–H groups in total. The molecule has 1 aliphatic rings. The fourth-order valence-corrected chi connectivity index (χ4v) is 3.66. The Morgan fingerprint density at radius 3 is 2.85 bits per heavy atom. The van der Waals surface area contributed by atoms with Gasteiger partial charge in [0.25, 0.3) is 0 Å². The van der Waals surface area contributed by atoms with Gasteiger partial charge in [-0.05, 0) is 13.0 Å². The SMILES string of the molecule is CCOC(=O)CS(=O)(=O)C1COc2ccccc2C1N. The molecule has 1 aliphatic heterocycles. The number of nitrogens with two attached hydrogens (primary N) is 1. The Morgan fingerprint density at radius 1 is 1.45 bits per heavy atom. The quantitative estimate of drug-likeness (QED) is 0.810. The van der Waals surface area contributed by atoms with Crippen LogP contribution in [-0.4, -0.2) is 38.6 Å². The summed E-state index contributed by atoms with van der Waals surface area (Å²) < 4.78 is 34.6. The molecule has 0 saturated heterocycles. The first-order valence-corrected chi connectivity index (χ1v) is 8.01. The van der Waals surface area contributed by atoms with Gasteiger partial charge in [-0.1, -0.05) is 18.2 Å². The zero-order valence-corrected chi connectivity index (χ0v) is 11.9. The average Bonchev–Trinajstić information content (AvgIpc) is 2.38. The van der Waals surface area contributed by atoms with E-state index in [0.29, 0.717) is 11.3 Å². The Bertz CT molecular complexity index is 599. The maximum atomic E-state index is 12.2. The van der Waals surface area contributed by atoms with Gasteiger partial charge in [-0.15, -0.1) is 0 Å². The van der Waals surface area contributed by atoms with E-state index in [1.54, 1.807) is 31.2 Å². The number of benzene rings is 1. The standard InChI is InChI=1S/C13H17NO5S/c1-2-18-12(15)8-20(16,17)11-7-19-10-6-4-3-5-9(10)13(11)14/h3-6,11,13H,2,7-8,14H2,1H3. The van der Waals surface area contributed by atoms with Crippen molar-refractivity contribution in [2.24, 2.45) is 5.73 Å². The van der Waals surface area contributed by atoms with E-state index in [-0.39, 0.29) is 13.2 Å². The van der Waals surface area contributed by atoms with Crippen molar-refractivity contribution < 1.29 is 22.7 Å². The number of fused-ring (bicyclic) bond motifs is 1. The Hall–Kier alpha value is -1.60. The van der Waals surface area contributed by atoms with Crippen LogP contribution in [0.15, 0.2) is 24.3 Å².